The zero-order valence-corrected chi connectivity index (χ0v) is 14.4. The standard InChI is InChI=1S/C15H20ClNO4S/c1-4-22(19,20)13-9-17(10-13)14(18)15(2,3)21-12-7-5-11(16)6-8-12/h5-8,13H,4,9-10H2,1-3H3. The van der Waals surface area contributed by atoms with Crippen LogP contribution in [0.25, 0.3) is 0 Å². The lowest BCUT2D eigenvalue weighted by Gasteiger charge is -2.42. The first-order chi connectivity index (χ1) is 10.2. The largest absolute Gasteiger partial charge is 0.478 e. The minimum Gasteiger partial charge on any atom is -0.478 e. The van der Waals surface area contributed by atoms with E-state index in [1.165, 1.54) is 4.90 Å². The van der Waals surface area contributed by atoms with E-state index in [1.807, 2.05) is 0 Å². The Hall–Kier alpha value is -1.27. The second-order valence-electron chi connectivity index (χ2n) is 5.85. The summed E-state index contributed by atoms with van der Waals surface area (Å²) < 4.78 is 29.2. The van der Waals surface area contributed by atoms with Gasteiger partial charge >= 0.3 is 0 Å². The molecular formula is C15H20ClNO4S. The molecule has 1 aromatic rings. The summed E-state index contributed by atoms with van der Waals surface area (Å²) in [5, 5.41) is 0.139. The molecule has 2 rings (SSSR count). The third kappa shape index (κ3) is 3.55. The molecule has 0 atom stereocenters. The third-order valence-electron chi connectivity index (χ3n) is 3.75. The smallest absolute Gasteiger partial charge is 0.266 e. The summed E-state index contributed by atoms with van der Waals surface area (Å²) in [5.74, 6) is 0.427. The Kier molecular flexibility index (Phi) is 4.73. The van der Waals surface area contributed by atoms with Crippen LogP contribution in [0, 0.1) is 0 Å². The Morgan fingerprint density at radius 2 is 1.86 bits per heavy atom. The van der Waals surface area contributed by atoms with Gasteiger partial charge in [-0.3, -0.25) is 4.79 Å². The van der Waals surface area contributed by atoms with Crippen LogP contribution in [0.5, 0.6) is 5.75 Å². The van der Waals surface area contributed by atoms with Crippen molar-refractivity contribution in [2.45, 2.75) is 31.6 Å². The fourth-order valence-corrected chi connectivity index (χ4v) is 3.70. The average molecular weight is 346 g/mol. The van der Waals surface area contributed by atoms with Crippen LogP contribution < -0.4 is 4.74 Å². The molecule has 1 fully saturated rings. The summed E-state index contributed by atoms with van der Waals surface area (Å²) in [6.45, 7) is 5.44. The SMILES string of the molecule is CCS(=O)(=O)C1CN(C(=O)C(C)(C)Oc2ccc(Cl)cc2)C1. The lowest BCUT2D eigenvalue weighted by molar-refractivity contribution is -0.148. The number of carbonyl (C=O) groups excluding carboxylic acids is 1. The number of hydrogen-bond acceptors (Lipinski definition) is 4. The van der Waals surface area contributed by atoms with Gasteiger partial charge in [-0.25, -0.2) is 8.42 Å². The highest BCUT2D eigenvalue weighted by Crippen LogP contribution is 2.25. The molecule has 1 saturated heterocycles. The molecule has 0 aromatic heterocycles. The minimum atomic E-state index is -3.09. The van der Waals surface area contributed by atoms with Gasteiger partial charge in [-0.05, 0) is 38.1 Å². The molecule has 0 radical (unpaired) electrons. The van der Waals surface area contributed by atoms with Gasteiger partial charge in [-0.15, -0.1) is 0 Å². The number of halogens is 1. The predicted octanol–water partition coefficient (Wildman–Crippen LogP) is 2.14. The zero-order valence-electron chi connectivity index (χ0n) is 12.9. The molecular weight excluding hydrogens is 326 g/mol. The molecule has 7 heteroatoms. The highest BCUT2D eigenvalue weighted by atomic mass is 35.5. The van der Waals surface area contributed by atoms with Crippen LogP contribution >= 0.6 is 11.6 Å². The van der Waals surface area contributed by atoms with Crippen molar-refractivity contribution in [2.24, 2.45) is 0 Å². The van der Waals surface area contributed by atoms with Crippen molar-refractivity contribution in [3.8, 4) is 5.75 Å². The maximum atomic E-state index is 12.5. The predicted molar refractivity (Wildman–Crippen MR) is 86.0 cm³/mol. The van der Waals surface area contributed by atoms with Crippen molar-refractivity contribution in [1.29, 1.82) is 0 Å². The summed E-state index contributed by atoms with van der Waals surface area (Å²) in [5.41, 5.74) is -1.06. The Balaban J connectivity index is 1.99. The minimum absolute atomic E-state index is 0.102. The Labute approximate surface area is 136 Å². The molecule has 122 valence electrons. The normalized spacial score (nSPS) is 16.3. The van der Waals surface area contributed by atoms with Gasteiger partial charge in [-0.2, -0.15) is 0 Å². The van der Waals surface area contributed by atoms with Crippen molar-refractivity contribution >= 4 is 27.3 Å². The second kappa shape index (κ2) is 6.08. The van der Waals surface area contributed by atoms with E-state index >= 15 is 0 Å². The summed E-state index contributed by atoms with van der Waals surface area (Å²) in [6.07, 6.45) is 0. The van der Waals surface area contributed by atoms with Gasteiger partial charge in [-0.1, -0.05) is 18.5 Å². The number of sulfone groups is 1. The molecule has 5 nitrogen and oxygen atoms in total. The third-order valence-corrected chi connectivity index (χ3v) is 6.12. The first kappa shape index (κ1) is 17.1. The molecule has 1 heterocycles. The fourth-order valence-electron chi connectivity index (χ4n) is 2.29. The van der Waals surface area contributed by atoms with Crippen molar-refractivity contribution in [3.63, 3.8) is 0 Å². The van der Waals surface area contributed by atoms with Crippen LogP contribution in [0.2, 0.25) is 5.02 Å². The van der Waals surface area contributed by atoms with E-state index in [2.05, 4.69) is 0 Å². The van der Waals surface area contributed by atoms with Gasteiger partial charge in [0.05, 0.1) is 5.25 Å². The zero-order chi connectivity index (χ0) is 16.5. The van der Waals surface area contributed by atoms with Crippen LogP contribution in [-0.4, -0.2) is 48.9 Å². The van der Waals surface area contributed by atoms with E-state index in [4.69, 9.17) is 16.3 Å². The van der Waals surface area contributed by atoms with Crippen molar-refractivity contribution in [1.82, 2.24) is 4.90 Å². The molecule has 22 heavy (non-hydrogen) atoms. The van der Waals surface area contributed by atoms with Crippen molar-refractivity contribution in [2.75, 3.05) is 18.8 Å². The number of rotatable bonds is 5. The number of ether oxygens (including phenoxy) is 1. The Morgan fingerprint density at radius 3 is 2.36 bits per heavy atom. The number of carbonyl (C=O) groups is 1. The molecule has 0 spiro atoms. The quantitative estimate of drug-likeness (QED) is 0.820. The van der Waals surface area contributed by atoms with Crippen LogP contribution in [0.3, 0.4) is 0 Å². The average Bonchev–Trinajstić information content (AvgIpc) is 2.39. The molecule has 1 aliphatic rings. The Morgan fingerprint density at radius 1 is 1.32 bits per heavy atom. The highest BCUT2D eigenvalue weighted by molar-refractivity contribution is 7.92. The van der Waals surface area contributed by atoms with Crippen LogP contribution in [0.1, 0.15) is 20.8 Å². The molecule has 0 N–H and O–H groups in total. The van der Waals surface area contributed by atoms with Crippen molar-refractivity contribution < 1.29 is 17.9 Å². The van der Waals surface area contributed by atoms with Crippen LogP contribution in [0.4, 0.5) is 0 Å². The van der Waals surface area contributed by atoms with Crippen LogP contribution in [-0.2, 0) is 14.6 Å². The van der Waals surface area contributed by atoms with Gasteiger partial charge in [0.1, 0.15) is 5.75 Å². The summed E-state index contributed by atoms with van der Waals surface area (Å²) in [7, 11) is -3.09. The summed E-state index contributed by atoms with van der Waals surface area (Å²) in [6, 6.07) is 6.76. The fraction of sp³-hybridized carbons (Fsp3) is 0.533. The lowest BCUT2D eigenvalue weighted by atomic mass is 10.0. The van der Waals surface area contributed by atoms with E-state index in [9.17, 15) is 13.2 Å². The molecule has 0 saturated carbocycles. The van der Waals surface area contributed by atoms with E-state index in [0.717, 1.165) is 0 Å². The maximum absolute atomic E-state index is 12.5. The number of likely N-dealkylation sites (tertiary alicyclic amines) is 1. The number of hydrogen-bond donors (Lipinski definition) is 0. The van der Waals surface area contributed by atoms with Gasteiger partial charge in [0.2, 0.25) is 0 Å². The molecule has 0 aliphatic carbocycles. The van der Waals surface area contributed by atoms with E-state index < -0.39 is 20.7 Å². The van der Waals surface area contributed by atoms with E-state index in [0.29, 0.717) is 10.8 Å². The monoisotopic (exact) mass is 345 g/mol. The second-order valence-corrected chi connectivity index (χ2v) is 8.86. The van der Waals surface area contributed by atoms with Gasteiger partial charge in [0.15, 0.2) is 15.4 Å². The molecule has 0 unspecified atom stereocenters. The van der Waals surface area contributed by atoms with Crippen LogP contribution in [0.15, 0.2) is 24.3 Å². The van der Waals surface area contributed by atoms with Gasteiger partial charge in [0, 0.05) is 23.9 Å². The number of amides is 1. The summed E-state index contributed by atoms with van der Waals surface area (Å²) >= 11 is 5.81. The van der Waals surface area contributed by atoms with Crippen molar-refractivity contribution in [3.05, 3.63) is 29.3 Å². The molecule has 1 aliphatic heterocycles. The molecule has 1 aromatic carbocycles. The topological polar surface area (TPSA) is 63.7 Å². The highest BCUT2D eigenvalue weighted by Gasteiger charge is 2.44. The number of nitrogens with zero attached hydrogens (tertiary/aromatic N) is 1. The van der Waals surface area contributed by atoms with E-state index in [1.54, 1.807) is 45.0 Å². The lowest BCUT2D eigenvalue weighted by Crippen LogP contribution is -2.62. The molecule has 0 bridgehead atoms. The van der Waals surface area contributed by atoms with Gasteiger partial charge in [0.25, 0.3) is 5.91 Å². The van der Waals surface area contributed by atoms with Gasteiger partial charge < -0.3 is 9.64 Å². The first-order valence-corrected chi connectivity index (χ1v) is 9.20. The number of benzene rings is 1. The molecule has 1 amide bonds. The maximum Gasteiger partial charge on any atom is 0.266 e. The van der Waals surface area contributed by atoms with E-state index in [-0.39, 0.29) is 24.7 Å². The summed E-state index contributed by atoms with van der Waals surface area (Å²) in [4.78, 5) is 14.0. The first-order valence-electron chi connectivity index (χ1n) is 7.11. The Bertz CT molecular complexity index is 649.